The van der Waals surface area contributed by atoms with Gasteiger partial charge in [-0.05, 0) is 18.6 Å². The van der Waals surface area contributed by atoms with E-state index in [1.807, 2.05) is 0 Å². The van der Waals surface area contributed by atoms with Crippen molar-refractivity contribution in [1.29, 1.82) is 0 Å². The van der Waals surface area contributed by atoms with E-state index in [1.54, 1.807) is 30.3 Å². The van der Waals surface area contributed by atoms with Crippen LogP contribution in [0, 0.1) is 4.91 Å². The van der Waals surface area contributed by atoms with E-state index < -0.39 is 0 Å². The van der Waals surface area contributed by atoms with Gasteiger partial charge in [0.1, 0.15) is 10.1 Å². The number of nitrogens with zero attached hydrogens (tertiary/aromatic N) is 2. The number of hydrogen-bond donors (Lipinski definition) is 0. The first-order valence-corrected chi connectivity index (χ1v) is 5.85. The van der Waals surface area contributed by atoms with Crippen LogP contribution in [0.1, 0.15) is 26.2 Å². The van der Waals surface area contributed by atoms with E-state index in [-0.39, 0.29) is 18.1 Å². The minimum absolute atomic E-state index is 0.166. The maximum atomic E-state index is 11.6. The number of carbonyl (C=O) groups excluding carboxylic acids is 1. The Morgan fingerprint density at radius 1 is 1.28 bits per heavy atom. The Morgan fingerprint density at radius 3 is 2.61 bits per heavy atom. The summed E-state index contributed by atoms with van der Waals surface area (Å²) in [5.74, 6) is 0. The number of hydrogen-bond acceptors (Lipinski definition) is 4. The van der Waals surface area contributed by atoms with Gasteiger partial charge in [-0.25, -0.2) is 4.84 Å². The van der Waals surface area contributed by atoms with Crippen LogP contribution in [0.2, 0.25) is 0 Å². The van der Waals surface area contributed by atoms with Crippen LogP contribution < -0.4 is 5.17 Å². The molecule has 0 saturated carbocycles. The van der Waals surface area contributed by atoms with Gasteiger partial charge < -0.3 is 0 Å². The standard InChI is InChI=1S/C12H17N2O4/c1-2-3-7-10-17-14(16)13(18-11-15)12-8-5-4-6-9-12/h4-6,8-9,11H,2-3,7,10H2,1H3/q+1. The zero-order chi connectivity index (χ0) is 13.2. The Balaban J connectivity index is 2.56. The second-order valence-electron chi connectivity index (χ2n) is 3.59. The van der Waals surface area contributed by atoms with Crippen molar-refractivity contribution in [2.75, 3.05) is 11.8 Å². The van der Waals surface area contributed by atoms with Gasteiger partial charge in [-0.3, -0.25) is 9.63 Å². The molecule has 0 amide bonds. The molecule has 1 aromatic carbocycles. The molecule has 6 nitrogen and oxygen atoms in total. The third kappa shape index (κ3) is 4.40. The highest BCUT2D eigenvalue weighted by molar-refractivity contribution is 5.45. The zero-order valence-corrected chi connectivity index (χ0v) is 10.3. The monoisotopic (exact) mass is 253 g/mol. The summed E-state index contributed by atoms with van der Waals surface area (Å²) in [6.07, 6.45) is 2.79. The van der Waals surface area contributed by atoms with Crippen molar-refractivity contribution in [3.05, 3.63) is 35.2 Å². The molecule has 98 valence electrons. The van der Waals surface area contributed by atoms with Crippen molar-refractivity contribution < 1.29 is 19.5 Å². The maximum Gasteiger partial charge on any atom is 0.401 e. The number of carbonyl (C=O) groups is 1. The summed E-state index contributed by atoms with van der Waals surface area (Å²) in [6.45, 7) is 2.51. The lowest BCUT2D eigenvalue weighted by atomic mass is 10.3. The van der Waals surface area contributed by atoms with Gasteiger partial charge in [-0.1, -0.05) is 38.0 Å². The summed E-state index contributed by atoms with van der Waals surface area (Å²) >= 11 is 0. The van der Waals surface area contributed by atoms with Crippen molar-refractivity contribution in [1.82, 2.24) is 0 Å². The Kier molecular flexibility index (Phi) is 6.24. The molecule has 1 aromatic rings. The van der Waals surface area contributed by atoms with E-state index in [0.717, 1.165) is 24.4 Å². The molecule has 0 bridgehead atoms. The highest BCUT2D eigenvalue weighted by Crippen LogP contribution is 2.13. The van der Waals surface area contributed by atoms with E-state index in [9.17, 15) is 9.70 Å². The predicted molar refractivity (Wildman–Crippen MR) is 65.2 cm³/mol. The second-order valence-corrected chi connectivity index (χ2v) is 3.59. The molecule has 18 heavy (non-hydrogen) atoms. The van der Waals surface area contributed by atoms with Gasteiger partial charge in [0.15, 0.2) is 12.3 Å². The molecular formula is C12H17N2O4+. The van der Waals surface area contributed by atoms with Gasteiger partial charge >= 0.3 is 11.5 Å². The lowest BCUT2D eigenvalue weighted by Crippen LogP contribution is -2.33. The van der Waals surface area contributed by atoms with Gasteiger partial charge in [0.2, 0.25) is 0 Å². The van der Waals surface area contributed by atoms with Crippen LogP contribution in [0.5, 0.6) is 0 Å². The summed E-state index contributed by atoms with van der Waals surface area (Å²) in [7, 11) is 0. The summed E-state index contributed by atoms with van der Waals surface area (Å²) in [6, 6.07) is 8.50. The van der Waals surface area contributed by atoms with Crippen LogP contribution in [0.15, 0.2) is 30.3 Å². The predicted octanol–water partition coefficient (Wildman–Crippen LogP) is 2.40. The molecule has 0 aromatic heterocycles. The molecule has 0 radical (unpaired) electrons. The van der Waals surface area contributed by atoms with Crippen LogP contribution in [0.3, 0.4) is 0 Å². The topological polar surface area (TPSA) is 58.9 Å². The summed E-state index contributed by atoms with van der Waals surface area (Å²) in [5, 5.41) is 0.915. The van der Waals surface area contributed by atoms with Crippen LogP contribution >= 0.6 is 0 Å². The number of benzene rings is 1. The number of anilines is 1. The second kappa shape index (κ2) is 8.05. The molecule has 0 fully saturated rings. The smallest absolute Gasteiger partial charge is 0.285 e. The molecule has 1 rings (SSSR count). The van der Waals surface area contributed by atoms with Crippen molar-refractivity contribution in [2.24, 2.45) is 0 Å². The van der Waals surface area contributed by atoms with Crippen LogP contribution in [-0.4, -0.2) is 18.1 Å². The van der Waals surface area contributed by atoms with E-state index >= 15 is 0 Å². The molecular weight excluding hydrogens is 236 g/mol. The summed E-state index contributed by atoms with van der Waals surface area (Å²) < 4.78 is 0. The fraction of sp³-hybridized carbons (Fsp3) is 0.417. The molecule has 0 atom stereocenters. The Morgan fingerprint density at radius 2 is 2.00 bits per heavy atom. The molecule has 0 saturated heterocycles. The lowest BCUT2D eigenvalue weighted by molar-refractivity contribution is -0.830. The fourth-order valence-corrected chi connectivity index (χ4v) is 1.34. The van der Waals surface area contributed by atoms with Gasteiger partial charge in [0.05, 0.1) is 0 Å². The first-order chi connectivity index (χ1) is 8.79. The van der Waals surface area contributed by atoms with Gasteiger partial charge in [0.25, 0.3) is 0 Å². The molecule has 0 unspecified atom stereocenters. The van der Waals surface area contributed by atoms with Gasteiger partial charge in [-0.2, -0.15) is 0 Å². The zero-order valence-electron chi connectivity index (χ0n) is 10.3. The Hall–Kier alpha value is -2.11. The Bertz CT molecular complexity index is 370. The minimum Gasteiger partial charge on any atom is -0.285 e. The average molecular weight is 253 g/mol. The molecule has 0 spiro atoms. The third-order valence-corrected chi connectivity index (χ3v) is 2.22. The highest BCUT2D eigenvalue weighted by Gasteiger charge is 2.27. The van der Waals surface area contributed by atoms with Crippen LogP contribution in [0.25, 0.3) is 0 Å². The lowest BCUT2D eigenvalue weighted by Gasteiger charge is -2.07. The van der Waals surface area contributed by atoms with E-state index in [4.69, 9.17) is 4.84 Å². The normalized spacial score (nSPS) is 9.61. The molecule has 0 heterocycles. The molecule has 0 aliphatic rings. The number of para-hydroxylation sites is 1. The van der Waals surface area contributed by atoms with Gasteiger partial charge in [0, 0.05) is 0 Å². The van der Waals surface area contributed by atoms with E-state index in [2.05, 4.69) is 11.8 Å². The van der Waals surface area contributed by atoms with Gasteiger partial charge in [-0.15, -0.1) is 0 Å². The third-order valence-electron chi connectivity index (χ3n) is 2.22. The molecule has 0 aliphatic carbocycles. The van der Waals surface area contributed by atoms with Crippen molar-refractivity contribution in [3.63, 3.8) is 0 Å². The van der Waals surface area contributed by atoms with E-state index in [1.165, 1.54) is 0 Å². The SMILES string of the molecule is CCCCCO[N+](=O)N(OC=O)c1ccccc1. The van der Waals surface area contributed by atoms with Crippen molar-refractivity contribution in [3.8, 4) is 0 Å². The van der Waals surface area contributed by atoms with Crippen molar-refractivity contribution >= 4 is 12.2 Å². The molecule has 6 heteroatoms. The fourth-order valence-electron chi connectivity index (χ4n) is 1.34. The van der Waals surface area contributed by atoms with Crippen LogP contribution in [0.4, 0.5) is 5.69 Å². The summed E-state index contributed by atoms with van der Waals surface area (Å²) in [5.41, 5.74) is 0.412. The quantitative estimate of drug-likeness (QED) is 0.384. The Labute approximate surface area is 106 Å². The average Bonchev–Trinajstić information content (AvgIpc) is 2.41. The maximum absolute atomic E-state index is 11.6. The largest absolute Gasteiger partial charge is 0.401 e. The number of rotatable bonds is 9. The first kappa shape index (κ1) is 14.0. The first-order valence-electron chi connectivity index (χ1n) is 5.85. The van der Waals surface area contributed by atoms with Crippen LogP contribution in [-0.2, 0) is 14.5 Å². The molecule has 0 aliphatic heterocycles. The molecule has 0 N–H and O–H groups in total. The van der Waals surface area contributed by atoms with E-state index in [0.29, 0.717) is 5.69 Å². The minimum atomic E-state index is 0.166. The highest BCUT2D eigenvalue weighted by atomic mass is 16.9. The number of unbranched alkanes of at least 4 members (excludes halogenated alkanes) is 2. The number of hydrazine groups is 1. The summed E-state index contributed by atoms with van der Waals surface area (Å²) in [4.78, 5) is 31.5. The van der Waals surface area contributed by atoms with Crippen molar-refractivity contribution in [2.45, 2.75) is 26.2 Å².